The number of unbranched alkanes of at least 4 members (excludes halogenated alkanes) is 4. The highest BCUT2D eigenvalue weighted by Crippen LogP contribution is 2.19. The van der Waals surface area contributed by atoms with Gasteiger partial charge < -0.3 is 21.3 Å². The van der Waals surface area contributed by atoms with Gasteiger partial charge >= 0.3 is 0 Å². The molecule has 42 heavy (non-hydrogen) atoms. The van der Waals surface area contributed by atoms with Crippen molar-refractivity contribution in [1.29, 1.82) is 0 Å². The van der Waals surface area contributed by atoms with Crippen molar-refractivity contribution in [2.75, 3.05) is 37.7 Å². The van der Waals surface area contributed by atoms with E-state index in [1.54, 1.807) is 70.1 Å². The third-order valence-electron chi connectivity index (χ3n) is 6.07. The third kappa shape index (κ3) is 15.7. The second kappa shape index (κ2) is 22.2. The van der Waals surface area contributed by atoms with E-state index < -0.39 is 0 Å². The first kappa shape index (κ1) is 35.8. The van der Waals surface area contributed by atoms with E-state index in [-0.39, 0.29) is 23.6 Å². The number of rotatable bonds is 21. The highest BCUT2D eigenvalue weighted by atomic mass is 35.5. The lowest BCUT2D eigenvalue weighted by molar-refractivity contribution is -0.121. The zero-order valence-electron chi connectivity index (χ0n) is 23.7. The van der Waals surface area contributed by atoms with Crippen molar-refractivity contribution >= 4 is 68.4 Å². The molecule has 0 saturated carbocycles. The summed E-state index contributed by atoms with van der Waals surface area (Å²) in [5, 5.41) is 12.4. The van der Waals surface area contributed by atoms with Crippen molar-refractivity contribution in [2.24, 2.45) is 0 Å². The molecule has 2 aromatic carbocycles. The number of amides is 4. The summed E-state index contributed by atoms with van der Waals surface area (Å²) in [6, 6.07) is 13.9. The van der Waals surface area contributed by atoms with E-state index in [1.807, 2.05) is 0 Å². The van der Waals surface area contributed by atoms with Crippen molar-refractivity contribution in [1.82, 2.24) is 21.3 Å². The number of hydrogen-bond acceptors (Lipinski definition) is 6. The molecule has 2 rings (SSSR count). The zero-order chi connectivity index (χ0) is 30.4. The number of hydrogen-bond donors (Lipinski definition) is 4. The van der Waals surface area contributed by atoms with Crippen LogP contribution in [0.15, 0.2) is 48.5 Å². The Kier molecular flexibility index (Phi) is 18.9. The van der Waals surface area contributed by atoms with Crippen molar-refractivity contribution in [2.45, 2.75) is 51.4 Å². The minimum Gasteiger partial charge on any atom is -0.355 e. The predicted octanol–water partition coefficient (Wildman–Crippen LogP) is 5.89. The minimum atomic E-state index is -0.183. The normalized spacial score (nSPS) is 10.6. The molecule has 2 aromatic rings. The fourth-order valence-corrected chi connectivity index (χ4v) is 6.08. The Balaban J connectivity index is 1.33. The summed E-state index contributed by atoms with van der Waals surface area (Å²) in [5.74, 6) is 1.30. The molecule has 0 aromatic heterocycles. The SMILES string of the molecule is O=C(CCCCCNC(=O)c1ccccc1Cl)NCCSSCCNC(=O)CCCCCNC(=O)c1ccccc1Cl. The van der Waals surface area contributed by atoms with Crippen LogP contribution in [-0.2, 0) is 9.59 Å². The van der Waals surface area contributed by atoms with Gasteiger partial charge in [0.15, 0.2) is 0 Å². The van der Waals surface area contributed by atoms with Gasteiger partial charge in [0.25, 0.3) is 11.8 Å². The monoisotopic (exact) mass is 654 g/mol. The smallest absolute Gasteiger partial charge is 0.252 e. The lowest BCUT2D eigenvalue weighted by atomic mass is 10.1. The number of carbonyl (C=O) groups is 4. The van der Waals surface area contributed by atoms with Gasteiger partial charge in [-0.1, -0.05) is 81.9 Å². The standard InChI is InChI=1S/C30H40Cl2N4O4S2/c31-25-13-7-5-11-23(25)29(39)35-17-9-1-3-15-27(37)33-19-21-41-42-22-20-34-28(38)16-4-2-10-18-36-30(40)24-12-6-8-14-26(24)32/h5-8,11-14H,1-4,9-10,15-22H2,(H,33,37)(H,34,38)(H,35,39)(H,36,40). The summed E-state index contributed by atoms with van der Waals surface area (Å²) in [4.78, 5) is 48.1. The van der Waals surface area contributed by atoms with Gasteiger partial charge in [-0.25, -0.2) is 0 Å². The van der Waals surface area contributed by atoms with Crippen LogP contribution in [0.4, 0.5) is 0 Å². The maximum absolute atomic E-state index is 12.1. The van der Waals surface area contributed by atoms with Crippen LogP contribution in [0.25, 0.3) is 0 Å². The maximum Gasteiger partial charge on any atom is 0.252 e. The van der Waals surface area contributed by atoms with Crippen LogP contribution in [0, 0.1) is 0 Å². The van der Waals surface area contributed by atoms with Crippen molar-refractivity contribution in [3.8, 4) is 0 Å². The molecule has 0 atom stereocenters. The van der Waals surface area contributed by atoms with E-state index in [0.29, 0.717) is 60.2 Å². The first-order valence-electron chi connectivity index (χ1n) is 14.2. The summed E-state index contributed by atoms with van der Waals surface area (Å²) < 4.78 is 0. The molecule has 4 N–H and O–H groups in total. The number of nitrogens with one attached hydrogen (secondary N) is 4. The highest BCUT2D eigenvalue weighted by Gasteiger charge is 2.09. The van der Waals surface area contributed by atoms with E-state index in [1.165, 1.54) is 0 Å². The Labute approximate surface area is 266 Å². The maximum atomic E-state index is 12.1. The van der Waals surface area contributed by atoms with Gasteiger partial charge in [-0.2, -0.15) is 0 Å². The number of carbonyl (C=O) groups excluding carboxylic acids is 4. The van der Waals surface area contributed by atoms with Crippen molar-refractivity contribution in [3.63, 3.8) is 0 Å². The van der Waals surface area contributed by atoms with Crippen LogP contribution < -0.4 is 21.3 Å². The zero-order valence-corrected chi connectivity index (χ0v) is 26.9. The van der Waals surface area contributed by atoms with Gasteiger partial charge in [-0.15, -0.1) is 0 Å². The van der Waals surface area contributed by atoms with E-state index >= 15 is 0 Å². The summed E-state index contributed by atoms with van der Waals surface area (Å²) in [6.07, 6.45) is 5.81. The fraction of sp³-hybridized carbons (Fsp3) is 0.467. The molecule has 4 amide bonds. The largest absolute Gasteiger partial charge is 0.355 e. The first-order chi connectivity index (χ1) is 20.4. The van der Waals surface area contributed by atoms with E-state index in [4.69, 9.17) is 23.2 Å². The number of halogens is 2. The predicted molar refractivity (Wildman–Crippen MR) is 175 cm³/mol. The van der Waals surface area contributed by atoms with Crippen LogP contribution in [0.1, 0.15) is 72.1 Å². The lowest BCUT2D eigenvalue weighted by Crippen LogP contribution is -2.26. The molecule has 0 bridgehead atoms. The first-order valence-corrected chi connectivity index (χ1v) is 17.5. The molecular formula is C30H40Cl2N4O4S2. The van der Waals surface area contributed by atoms with Gasteiger partial charge in [-0.05, 0) is 49.9 Å². The summed E-state index contributed by atoms with van der Waals surface area (Å²) in [6.45, 7) is 2.31. The molecule has 0 fully saturated rings. The molecule has 0 saturated heterocycles. The van der Waals surface area contributed by atoms with Crippen LogP contribution in [-0.4, -0.2) is 61.3 Å². The average molecular weight is 656 g/mol. The quantitative estimate of drug-likeness (QED) is 0.0986. The molecule has 12 heteroatoms. The van der Waals surface area contributed by atoms with Crippen LogP contribution in [0.2, 0.25) is 10.0 Å². The Morgan fingerprint density at radius 1 is 0.524 bits per heavy atom. The van der Waals surface area contributed by atoms with Gasteiger partial charge in [0.1, 0.15) is 0 Å². The van der Waals surface area contributed by atoms with Crippen LogP contribution >= 0.6 is 44.8 Å². The third-order valence-corrected chi connectivity index (χ3v) is 9.14. The molecule has 0 spiro atoms. The van der Waals surface area contributed by atoms with Gasteiger partial charge in [0.05, 0.1) is 21.2 Å². The molecule has 0 aliphatic carbocycles. The van der Waals surface area contributed by atoms with Crippen molar-refractivity contribution in [3.05, 3.63) is 69.7 Å². The van der Waals surface area contributed by atoms with Gasteiger partial charge in [0, 0.05) is 50.5 Å². The molecular weight excluding hydrogens is 615 g/mol. The molecule has 0 heterocycles. The molecule has 0 unspecified atom stereocenters. The van der Waals surface area contributed by atoms with E-state index in [0.717, 1.165) is 50.0 Å². The van der Waals surface area contributed by atoms with Crippen LogP contribution in [0.5, 0.6) is 0 Å². The summed E-state index contributed by atoms with van der Waals surface area (Å²) >= 11 is 12.1. The fourth-order valence-electron chi connectivity index (χ4n) is 3.82. The second-order valence-electron chi connectivity index (χ2n) is 9.44. The van der Waals surface area contributed by atoms with E-state index in [2.05, 4.69) is 21.3 Å². The topological polar surface area (TPSA) is 116 Å². The van der Waals surface area contributed by atoms with E-state index in [9.17, 15) is 19.2 Å². The Bertz CT molecular complexity index is 1050. The van der Waals surface area contributed by atoms with Crippen LogP contribution in [0.3, 0.4) is 0 Å². The van der Waals surface area contributed by atoms with Gasteiger partial charge in [-0.3, -0.25) is 19.2 Å². The molecule has 8 nitrogen and oxygen atoms in total. The summed E-state index contributed by atoms with van der Waals surface area (Å²) in [7, 11) is 3.34. The molecule has 0 aliphatic rings. The average Bonchev–Trinajstić information content (AvgIpc) is 2.98. The molecule has 0 radical (unpaired) electrons. The minimum absolute atomic E-state index is 0.0379. The lowest BCUT2D eigenvalue weighted by Gasteiger charge is -2.08. The summed E-state index contributed by atoms with van der Waals surface area (Å²) in [5.41, 5.74) is 0.940. The molecule has 230 valence electrons. The highest BCUT2D eigenvalue weighted by molar-refractivity contribution is 8.76. The number of benzene rings is 2. The second-order valence-corrected chi connectivity index (χ2v) is 13.0. The Morgan fingerprint density at radius 2 is 0.929 bits per heavy atom. The Hall–Kier alpha value is -2.40. The molecule has 0 aliphatic heterocycles. The Morgan fingerprint density at radius 3 is 1.33 bits per heavy atom. The van der Waals surface area contributed by atoms with Gasteiger partial charge in [0.2, 0.25) is 11.8 Å². The van der Waals surface area contributed by atoms with Crippen molar-refractivity contribution < 1.29 is 19.2 Å².